The van der Waals surface area contributed by atoms with Gasteiger partial charge in [-0.25, -0.2) is 4.79 Å². The summed E-state index contributed by atoms with van der Waals surface area (Å²) in [6.07, 6.45) is 8.02. The van der Waals surface area contributed by atoms with Gasteiger partial charge in [0.1, 0.15) is 12.4 Å². The van der Waals surface area contributed by atoms with Crippen molar-refractivity contribution in [3.63, 3.8) is 0 Å². The van der Waals surface area contributed by atoms with Gasteiger partial charge in [-0.05, 0) is 41.5 Å². The van der Waals surface area contributed by atoms with Gasteiger partial charge in [-0.1, -0.05) is 46.1 Å². The summed E-state index contributed by atoms with van der Waals surface area (Å²) in [7, 11) is 0. The summed E-state index contributed by atoms with van der Waals surface area (Å²) in [5, 5.41) is 0. The Labute approximate surface area is 144 Å². The van der Waals surface area contributed by atoms with E-state index in [1.807, 2.05) is 48.5 Å². The number of rotatable bonds is 6. The molecule has 0 radical (unpaired) electrons. The van der Waals surface area contributed by atoms with Crippen LogP contribution in [0.2, 0.25) is 0 Å². The highest BCUT2D eigenvalue weighted by atomic mass is 79.9. The van der Waals surface area contributed by atoms with Crippen molar-refractivity contribution in [3.8, 4) is 18.1 Å². The minimum Gasteiger partial charge on any atom is -0.489 e. The zero-order chi connectivity index (χ0) is 16.5. The lowest BCUT2D eigenvalue weighted by atomic mass is 10.2. The van der Waals surface area contributed by atoms with Gasteiger partial charge in [-0.2, -0.15) is 0 Å². The molecule has 0 aliphatic rings. The zero-order valence-electron chi connectivity index (χ0n) is 12.4. The smallest absolute Gasteiger partial charge is 0.331 e. The van der Waals surface area contributed by atoms with Crippen molar-refractivity contribution in [2.24, 2.45) is 0 Å². The van der Waals surface area contributed by atoms with Crippen LogP contribution in [0.5, 0.6) is 5.75 Å². The number of terminal acetylenes is 1. The number of hydrogen-bond donors (Lipinski definition) is 0. The molecule has 2 rings (SSSR count). The van der Waals surface area contributed by atoms with Crippen LogP contribution in [0.25, 0.3) is 6.08 Å². The Bertz CT molecular complexity index is 727. The first kappa shape index (κ1) is 16.9. The van der Waals surface area contributed by atoms with Crippen LogP contribution >= 0.6 is 15.9 Å². The van der Waals surface area contributed by atoms with Gasteiger partial charge >= 0.3 is 5.97 Å². The van der Waals surface area contributed by atoms with Crippen LogP contribution in [-0.4, -0.2) is 12.6 Å². The Hall–Kier alpha value is -2.51. The topological polar surface area (TPSA) is 35.5 Å². The first-order chi connectivity index (χ1) is 11.2. The summed E-state index contributed by atoms with van der Waals surface area (Å²) >= 11 is 3.40. The second-order valence-electron chi connectivity index (χ2n) is 4.63. The van der Waals surface area contributed by atoms with E-state index in [4.69, 9.17) is 15.9 Å². The van der Waals surface area contributed by atoms with Gasteiger partial charge in [-0.3, -0.25) is 0 Å². The third kappa shape index (κ3) is 6.01. The number of ether oxygens (including phenoxy) is 2. The van der Waals surface area contributed by atoms with Gasteiger partial charge in [0.05, 0.1) is 0 Å². The Morgan fingerprint density at radius 2 is 2.00 bits per heavy atom. The molecule has 116 valence electrons. The van der Waals surface area contributed by atoms with Crippen LogP contribution < -0.4 is 4.74 Å². The molecule has 0 saturated heterocycles. The van der Waals surface area contributed by atoms with Gasteiger partial charge in [0.2, 0.25) is 0 Å². The monoisotopic (exact) mass is 370 g/mol. The van der Waals surface area contributed by atoms with Gasteiger partial charge < -0.3 is 9.47 Å². The van der Waals surface area contributed by atoms with E-state index in [1.54, 1.807) is 6.08 Å². The molecule has 23 heavy (non-hydrogen) atoms. The molecule has 2 aromatic carbocycles. The van der Waals surface area contributed by atoms with Crippen LogP contribution in [0.1, 0.15) is 11.1 Å². The highest BCUT2D eigenvalue weighted by Crippen LogP contribution is 2.17. The fourth-order valence-electron chi connectivity index (χ4n) is 1.78. The summed E-state index contributed by atoms with van der Waals surface area (Å²) < 4.78 is 11.5. The number of benzene rings is 2. The lowest BCUT2D eigenvalue weighted by Crippen LogP contribution is -1.99. The van der Waals surface area contributed by atoms with Crippen molar-refractivity contribution in [3.05, 3.63) is 70.2 Å². The van der Waals surface area contributed by atoms with Crippen molar-refractivity contribution < 1.29 is 14.3 Å². The van der Waals surface area contributed by atoms with Crippen LogP contribution in [-0.2, 0) is 16.1 Å². The number of esters is 1. The summed E-state index contributed by atoms with van der Waals surface area (Å²) in [5.74, 6) is 2.50. The SMILES string of the molecule is C#CCOC(=O)/C=C/c1cccc(OCc2ccc(Br)cc2)c1. The maximum Gasteiger partial charge on any atom is 0.331 e. The molecule has 0 unspecified atom stereocenters. The number of carbonyl (C=O) groups excluding carboxylic acids is 1. The fraction of sp³-hybridized carbons (Fsp3) is 0.105. The van der Waals surface area contributed by atoms with Crippen LogP contribution in [0.15, 0.2) is 59.1 Å². The van der Waals surface area contributed by atoms with Crippen molar-refractivity contribution >= 4 is 28.0 Å². The Balaban J connectivity index is 1.94. The first-order valence-electron chi connectivity index (χ1n) is 6.93. The molecule has 0 aliphatic heterocycles. The Morgan fingerprint density at radius 3 is 2.74 bits per heavy atom. The van der Waals surface area contributed by atoms with E-state index >= 15 is 0 Å². The fourth-order valence-corrected chi connectivity index (χ4v) is 2.04. The second kappa shape index (κ2) is 8.82. The van der Waals surface area contributed by atoms with E-state index in [9.17, 15) is 4.79 Å². The van der Waals surface area contributed by atoms with Gasteiger partial charge in [0.25, 0.3) is 0 Å². The van der Waals surface area contributed by atoms with Crippen molar-refractivity contribution in [2.45, 2.75) is 6.61 Å². The van der Waals surface area contributed by atoms with Crippen molar-refractivity contribution in [2.75, 3.05) is 6.61 Å². The van der Waals surface area contributed by atoms with Gasteiger partial charge in [0, 0.05) is 10.5 Å². The lowest BCUT2D eigenvalue weighted by Gasteiger charge is -2.07. The Morgan fingerprint density at radius 1 is 1.22 bits per heavy atom. The standard InChI is InChI=1S/C19H15BrO3/c1-2-12-22-19(21)11-8-15-4-3-5-18(13-15)23-14-16-6-9-17(20)10-7-16/h1,3-11,13H,12,14H2/b11-8+. The number of halogens is 1. The summed E-state index contributed by atoms with van der Waals surface area (Å²) in [5.41, 5.74) is 1.92. The van der Waals surface area contributed by atoms with E-state index in [0.29, 0.717) is 6.61 Å². The Kier molecular flexibility index (Phi) is 6.46. The van der Waals surface area contributed by atoms with Crippen LogP contribution in [0.3, 0.4) is 0 Å². The molecule has 0 spiro atoms. The van der Waals surface area contributed by atoms with E-state index in [1.165, 1.54) is 6.08 Å². The van der Waals surface area contributed by atoms with E-state index in [2.05, 4.69) is 21.9 Å². The molecular formula is C19H15BrO3. The van der Waals surface area contributed by atoms with Crippen LogP contribution in [0, 0.1) is 12.3 Å². The third-order valence-corrected chi connectivity index (χ3v) is 3.42. The molecular weight excluding hydrogens is 356 g/mol. The molecule has 2 aromatic rings. The second-order valence-corrected chi connectivity index (χ2v) is 5.55. The average Bonchev–Trinajstić information content (AvgIpc) is 2.58. The molecule has 0 aromatic heterocycles. The highest BCUT2D eigenvalue weighted by molar-refractivity contribution is 9.10. The molecule has 4 heteroatoms. The van der Waals surface area contributed by atoms with Crippen LogP contribution in [0.4, 0.5) is 0 Å². The zero-order valence-corrected chi connectivity index (χ0v) is 14.0. The summed E-state index contributed by atoms with van der Waals surface area (Å²) in [6.45, 7) is 0.449. The molecule has 0 atom stereocenters. The molecule has 0 saturated carbocycles. The lowest BCUT2D eigenvalue weighted by molar-refractivity contribution is -0.136. The molecule has 0 amide bonds. The molecule has 0 heterocycles. The van der Waals surface area contributed by atoms with Gasteiger partial charge in [0.15, 0.2) is 6.61 Å². The number of hydrogen-bond acceptors (Lipinski definition) is 3. The third-order valence-electron chi connectivity index (χ3n) is 2.89. The quantitative estimate of drug-likeness (QED) is 0.433. The average molecular weight is 371 g/mol. The first-order valence-corrected chi connectivity index (χ1v) is 7.72. The summed E-state index contributed by atoms with van der Waals surface area (Å²) in [6, 6.07) is 15.4. The highest BCUT2D eigenvalue weighted by Gasteiger charge is 1.99. The minimum absolute atomic E-state index is 0.0283. The van der Waals surface area contributed by atoms with Gasteiger partial charge in [-0.15, -0.1) is 6.42 Å². The largest absolute Gasteiger partial charge is 0.489 e. The molecule has 0 fully saturated rings. The normalized spacial score (nSPS) is 10.3. The minimum atomic E-state index is -0.468. The predicted octanol–water partition coefficient (Wildman–Crippen LogP) is 4.22. The molecule has 0 aliphatic carbocycles. The van der Waals surface area contributed by atoms with Crippen molar-refractivity contribution in [1.29, 1.82) is 0 Å². The molecule has 0 bridgehead atoms. The van der Waals surface area contributed by atoms with E-state index < -0.39 is 5.97 Å². The maximum absolute atomic E-state index is 11.4. The molecule has 3 nitrogen and oxygen atoms in total. The maximum atomic E-state index is 11.4. The van der Waals surface area contributed by atoms with E-state index in [0.717, 1.165) is 21.3 Å². The summed E-state index contributed by atoms with van der Waals surface area (Å²) in [4.78, 5) is 11.4. The van der Waals surface area contributed by atoms with E-state index in [-0.39, 0.29) is 6.61 Å². The predicted molar refractivity (Wildman–Crippen MR) is 93.7 cm³/mol. The molecule has 0 N–H and O–H groups in total. The van der Waals surface area contributed by atoms with Crippen molar-refractivity contribution in [1.82, 2.24) is 0 Å². The number of carbonyl (C=O) groups is 1.